The van der Waals surface area contributed by atoms with Crippen LogP contribution in [0.1, 0.15) is 62.1 Å². The highest BCUT2D eigenvalue weighted by molar-refractivity contribution is 6.09. The lowest BCUT2D eigenvalue weighted by Crippen LogP contribution is -2.37. The number of aryl methyl sites for hydroxylation is 1. The van der Waals surface area contributed by atoms with Crippen molar-refractivity contribution < 1.29 is 14.3 Å². The van der Waals surface area contributed by atoms with E-state index >= 15 is 0 Å². The monoisotopic (exact) mass is 550 g/mol. The molecule has 2 aliphatic rings. The molecule has 1 amide bonds. The van der Waals surface area contributed by atoms with E-state index in [0.29, 0.717) is 29.8 Å². The molecular formula is C34H38N4O3. The molecule has 2 unspecified atom stereocenters. The molecule has 41 heavy (non-hydrogen) atoms. The topological polar surface area (TPSA) is 83.6 Å². The van der Waals surface area contributed by atoms with Crippen LogP contribution in [0.2, 0.25) is 0 Å². The summed E-state index contributed by atoms with van der Waals surface area (Å²) in [6.07, 6.45) is 2.75. The standard InChI is InChI=1S/C34H38N4O3/c1-6-38(7-2)26-12-8-24(9-13-26)32-31(34(40)37-30-18-21(3)16-17-35-30)22(4)36-28-19-25(20-29(39)33(28)32)23-10-14-27(41-5)15-11-23/h8-18,25,32,36H,6-7,19-20H2,1-5H3,(H,35,37,40). The molecule has 0 radical (unpaired) electrons. The first-order valence-electron chi connectivity index (χ1n) is 14.3. The van der Waals surface area contributed by atoms with Crippen molar-refractivity contribution in [1.29, 1.82) is 0 Å². The number of ether oxygens (including phenoxy) is 1. The van der Waals surface area contributed by atoms with Crippen LogP contribution in [0.15, 0.2) is 89.4 Å². The van der Waals surface area contributed by atoms with E-state index in [4.69, 9.17) is 4.74 Å². The summed E-state index contributed by atoms with van der Waals surface area (Å²) in [7, 11) is 1.65. The number of ketones is 1. The van der Waals surface area contributed by atoms with Crippen LogP contribution in [0.3, 0.4) is 0 Å². The number of aromatic nitrogens is 1. The van der Waals surface area contributed by atoms with Crippen LogP contribution >= 0.6 is 0 Å². The zero-order valence-corrected chi connectivity index (χ0v) is 24.5. The van der Waals surface area contributed by atoms with Crippen LogP contribution in [0.5, 0.6) is 5.75 Å². The zero-order valence-electron chi connectivity index (χ0n) is 24.5. The molecule has 1 aliphatic carbocycles. The van der Waals surface area contributed by atoms with E-state index in [0.717, 1.165) is 52.6 Å². The Morgan fingerprint density at radius 3 is 2.32 bits per heavy atom. The summed E-state index contributed by atoms with van der Waals surface area (Å²) in [5.41, 5.74) is 7.00. The number of carbonyl (C=O) groups excluding carboxylic acids is 2. The van der Waals surface area contributed by atoms with Gasteiger partial charge in [0.15, 0.2) is 5.78 Å². The van der Waals surface area contributed by atoms with E-state index in [1.54, 1.807) is 13.3 Å². The van der Waals surface area contributed by atoms with Gasteiger partial charge in [-0.25, -0.2) is 4.98 Å². The normalized spacial score (nSPS) is 18.5. The van der Waals surface area contributed by atoms with E-state index in [-0.39, 0.29) is 17.6 Å². The maximum Gasteiger partial charge on any atom is 0.255 e. The third kappa shape index (κ3) is 5.75. The summed E-state index contributed by atoms with van der Waals surface area (Å²) < 4.78 is 5.32. The minimum Gasteiger partial charge on any atom is -0.497 e. The third-order valence-electron chi connectivity index (χ3n) is 8.17. The Labute approximate surface area is 242 Å². The van der Waals surface area contributed by atoms with Gasteiger partial charge in [0, 0.05) is 59.9 Å². The molecule has 3 aromatic rings. The molecule has 0 saturated carbocycles. The molecule has 1 aliphatic heterocycles. The van der Waals surface area contributed by atoms with Gasteiger partial charge in [0.2, 0.25) is 0 Å². The number of carbonyl (C=O) groups is 2. The Hall–Kier alpha value is -4.39. The lowest BCUT2D eigenvalue weighted by molar-refractivity contribution is -0.116. The molecule has 2 heterocycles. The zero-order chi connectivity index (χ0) is 29.1. The lowest BCUT2D eigenvalue weighted by atomic mass is 9.71. The van der Waals surface area contributed by atoms with Crippen molar-refractivity contribution in [2.45, 2.75) is 52.4 Å². The predicted molar refractivity (Wildman–Crippen MR) is 163 cm³/mol. The first-order valence-corrected chi connectivity index (χ1v) is 14.3. The fourth-order valence-electron chi connectivity index (χ4n) is 6.04. The maximum atomic E-state index is 14.0. The second kappa shape index (κ2) is 12.0. The third-order valence-corrected chi connectivity index (χ3v) is 8.17. The number of nitrogens with zero attached hydrogens (tertiary/aromatic N) is 2. The Bertz CT molecular complexity index is 1500. The largest absolute Gasteiger partial charge is 0.497 e. The Balaban J connectivity index is 1.54. The first kappa shape index (κ1) is 28.1. The van der Waals surface area contributed by atoms with Gasteiger partial charge in [-0.2, -0.15) is 0 Å². The molecule has 2 N–H and O–H groups in total. The SMILES string of the molecule is CCN(CC)c1ccc(C2C(C(=O)Nc3cc(C)ccn3)=C(C)NC3=C2C(=O)CC(c2ccc(OC)cc2)C3)cc1. The number of nitrogens with one attached hydrogen (secondary N) is 2. The highest BCUT2D eigenvalue weighted by Crippen LogP contribution is 2.46. The molecule has 0 fully saturated rings. The smallest absolute Gasteiger partial charge is 0.255 e. The number of pyridine rings is 1. The molecule has 2 atom stereocenters. The van der Waals surface area contributed by atoms with E-state index in [9.17, 15) is 9.59 Å². The predicted octanol–water partition coefficient (Wildman–Crippen LogP) is 6.25. The summed E-state index contributed by atoms with van der Waals surface area (Å²) in [6.45, 7) is 9.95. The van der Waals surface area contributed by atoms with Gasteiger partial charge in [-0.15, -0.1) is 0 Å². The van der Waals surface area contributed by atoms with E-state index in [2.05, 4.69) is 58.6 Å². The molecule has 5 rings (SSSR count). The quantitative estimate of drug-likeness (QED) is 0.345. The van der Waals surface area contributed by atoms with Gasteiger partial charge in [0.1, 0.15) is 11.6 Å². The highest BCUT2D eigenvalue weighted by Gasteiger charge is 2.41. The number of hydrogen-bond acceptors (Lipinski definition) is 6. The fraction of sp³-hybridized carbons (Fsp3) is 0.324. The molecule has 0 spiro atoms. The molecule has 1 aromatic heterocycles. The molecule has 2 aromatic carbocycles. The second-order valence-corrected chi connectivity index (χ2v) is 10.7. The van der Waals surface area contributed by atoms with E-state index in [1.165, 1.54) is 0 Å². The molecule has 0 bridgehead atoms. The highest BCUT2D eigenvalue weighted by atomic mass is 16.5. The Morgan fingerprint density at radius 2 is 1.68 bits per heavy atom. The number of allylic oxidation sites excluding steroid dienone is 3. The first-order chi connectivity index (χ1) is 19.8. The molecule has 7 heteroatoms. The molecular weight excluding hydrogens is 512 g/mol. The number of Topliss-reactive ketones (excluding diaryl/α,β-unsaturated/α-hetero) is 1. The Kier molecular flexibility index (Phi) is 8.24. The van der Waals surface area contributed by atoms with Crippen molar-refractivity contribution in [1.82, 2.24) is 10.3 Å². The number of hydrogen-bond donors (Lipinski definition) is 2. The van der Waals surface area contributed by atoms with Crippen LogP contribution in [0, 0.1) is 6.92 Å². The van der Waals surface area contributed by atoms with E-state index < -0.39 is 5.92 Å². The van der Waals surface area contributed by atoms with E-state index in [1.807, 2.05) is 50.2 Å². The van der Waals surface area contributed by atoms with Gasteiger partial charge in [0.05, 0.1) is 7.11 Å². The van der Waals surface area contributed by atoms with Crippen molar-refractivity contribution in [3.63, 3.8) is 0 Å². The van der Waals surface area contributed by atoms with Crippen LogP contribution in [-0.4, -0.2) is 36.9 Å². The van der Waals surface area contributed by atoms with Crippen LogP contribution in [-0.2, 0) is 9.59 Å². The minimum atomic E-state index is -0.480. The van der Waals surface area contributed by atoms with Crippen molar-refractivity contribution >= 4 is 23.2 Å². The average molecular weight is 551 g/mol. The number of methoxy groups -OCH3 is 1. The Morgan fingerprint density at radius 1 is 1.00 bits per heavy atom. The molecule has 212 valence electrons. The van der Waals surface area contributed by atoms with Gasteiger partial charge in [-0.1, -0.05) is 24.3 Å². The number of rotatable bonds is 8. The second-order valence-electron chi connectivity index (χ2n) is 10.7. The summed E-state index contributed by atoms with van der Waals surface area (Å²) in [6, 6.07) is 20.0. The van der Waals surface area contributed by atoms with Gasteiger partial charge >= 0.3 is 0 Å². The van der Waals surface area contributed by atoms with Crippen molar-refractivity contribution in [2.75, 3.05) is 30.4 Å². The van der Waals surface area contributed by atoms with Gasteiger partial charge < -0.3 is 20.3 Å². The minimum absolute atomic E-state index is 0.0463. The number of dihydropyridines is 1. The van der Waals surface area contributed by atoms with Crippen molar-refractivity contribution in [3.8, 4) is 5.75 Å². The number of benzene rings is 2. The summed E-state index contributed by atoms with van der Waals surface area (Å²) in [5.74, 6) is 0.639. The van der Waals surface area contributed by atoms with Crippen LogP contribution in [0.4, 0.5) is 11.5 Å². The maximum absolute atomic E-state index is 14.0. The summed E-state index contributed by atoms with van der Waals surface area (Å²) in [4.78, 5) is 34.4. The molecule has 0 saturated heterocycles. The van der Waals surface area contributed by atoms with Crippen molar-refractivity contribution in [3.05, 3.63) is 106 Å². The molecule has 7 nitrogen and oxygen atoms in total. The van der Waals surface area contributed by atoms with Gasteiger partial charge in [-0.3, -0.25) is 9.59 Å². The average Bonchev–Trinajstić information content (AvgIpc) is 2.97. The van der Waals surface area contributed by atoms with Gasteiger partial charge in [0.25, 0.3) is 5.91 Å². The van der Waals surface area contributed by atoms with Crippen LogP contribution in [0.25, 0.3) is 0 Å². The fourth-order valence-corrected chi connectivity index (χ4v) is 6.04. The number of amides is 1. The number of anilines is 2. The lowest BCUT2D eigenvalue weighted by Gasteiger charge is -2.37. The summed E-state index contributed by atoms with van der Waals surface area (Å²) >= 11 is 0. The van der Waals surface area contributed by atoms with Gasteiger partial charge in [-0.05, 0) is 93.1 Å². The van der Waals surface area contributed by atoms with Crippen molar-refractivity contribution in [2.24, 2.45) is 0 Å². The van der Waals surface area contributed by atoms with Crippen LogP contribution < -0.4 is 20.3 Å². The summed E-state index contributed by atoms with van der Waals surface area (Å²) in [5, 5.41) is 6.46.